The quantitative estimate of drug-likeness (QED) is 0.767. The fraction of sp³-hybridized carbons (Fsp3) is 0.250. The summed E-state index contributed by atoms with van der Waals surface area (Å²) >= 11 is 0. The van der Waals surface area contributed by atoms with Crippen LogP contribution in [0.25, 0.3) is 11.3 Å². The molecule has 14 heavy (non-hydrogen) atoms. The molecule has 2 heteroatoms. The van der Waals surface area contributed by atoms with E-state index < -0.39 is 0 Å². The molecule has 2 rings (SSSR count). The molecule has 0 fully saturated rings. The van der Waals surface area contributed by atoms with E-state index in [9.17, 15) is 0 Å². The maximum absolute atomic E-state index is 4.11. The Labute approximate surface area is 84.0 Å². The first-order valence-electron chi connectivity index (χ1n) is 4.91. The lowest BCUT2D eigenvalue weighted by Crippen LogP contribution is -1.81. The number of hydrogen-bond acceptors (Lipinski definition) is 1. The summed E-state index contributed by atoms with van der Waals surface area (Å²) in [5.74, 6) is 0. The van der Waals surface area contributed by atoms with Gasteiger partial charge in [0, 0.05) is 0 Å². The van der Waals surface area contributed by atoms with E-state index in [0.29, 0.717) is 0 Å². The van der Waals surface area contributed by atoms with E-state index in [0.717, 1.165) is 17.8 Å². The van der Waals surface area contributed by atoms with Gasteiger partial charge in [0.15, 0.2) is 0 Å². The summed E-state index contributed by atoms with van der Waals surface area (Å²) in [6.07, 6.45) is 1.09. The van der Waals surface area contributed by atoms with Crippen molar-refractivity contribution in [1.29, 1.82) is 0 Å². The van der Waals surface area contributed by atoms with Crippen molar-refractivity contribution in [2.24, 2.45) is 0 Å². The number of aryl methyl sites for hydroxylation is 2. The fourth-order valence-electron chi connectivity index (χ4n) is 1.49. The smallest absolute Gasteiger partial charge is 0.0652 e. The Morgan fingerprint density at radius 1 is 1.21 bits per heavy atom. The third kappa shape index (κ3) is 1.69. The molecule has 0 bridgehead atoms. The molecule has 0 aliphatic heterocycles. The Kier molecular flexibility index (Phi) is 2.35. The molecule has 2 nitrogen and oxygen atoms in total. The van der Waals surface area contributed by atoms with E-state index in [1.54, 1.807) is 0 Å². The van der Waals surface area contributed by atoms with Gasteiger partial charge in [0.1, 0.15) is 0 Å². The Morgan fingerprint density at radius 3 is 2.43 bits per heavy atom. The Morgan fingerprint density at radius 2 is 1.93 bits per heavy atom. The zero-order chi connectivity index (χ0) is 9.97. The van der Waals surface area contributed by atoms with Gasteiger partial charge in [0.25, 0.3) is 0 Å². The van der Waals surface area contributed by atoms with Gasteiger partial charge in [-0.15, -0.1) is 0 Å². The number of hydrogen-bond donors (Lipinski definition) is 1. The molecule has 1 N–H and O–H groups in total. The van der Waals surface area contributed by atoms with Gasteiger partial charge in [-0.3, -0.25) is 5.10 Å². The lowest BCUT2D eigenvalue weighted by Gasteiger charge is -1.99. The largest absolute Gasteiger partial charge is 0.278 e. The van der Waals surface area contributed by atoms with Crippen molar-refractivity contribution >= 4 is 0 Å². The van der Waals surface area contributed by atoms with Crippen molar-refractivity contribution in [1.82, 2.24) is 10.2 Å². The Bertz CT molecular complexity index is 412. The van der Waals surface area contributed by atoms with E-state index in [4.69, 9.17) is 0 Å². The molecule has 0 aliphatic carbocycles. The number of H-pyrrole nitrogens is 1. The summed E-state index contributed by atoms with van der Waals surface area (Å²) in [6, 6.07) is 10.6. The number of benzene rings is 1. The standard InChI is InChI=1S/C12H14N2/c1-3-10-4-6-11(7-5-10)12-8-9(2)13-14-12/h4-8H,3H2,1-2H3,(H,13,14). The fourth-order valence-corrected chi connectivity index (χ4v) is 1.49. The summed E-state index contributed by atoms with van der Waals surface area (Å²) in [4.78, 5) is 0. The van der Waals surface area contributed by atoms with Crippen LogP contribution in [0.3, 0.4) is 0 Å². The Hall–Kier alpha value is -1.57. The molecular weight excluding hydrogens is 172 g/mol. The number of nitrogens with one attached hydrogen (secondary N) is 1. The normalized spacial score (nSPS) is 10.4. The molecule has 1 heterocycles. The van der Waals surface area contributed by atoms with E-state index in [1.165, 1.54) is 11.1 Å². The van der Waals surface area contributed by atoms with E-state index in [2.05, 4.69) is 47.5 Å². The van der Waals surface area contributed by atoms with Gasteiger partial charge in [-0.1, -0.05) is 31.2 Å². The van der Waals surface area contributed by atoms with Crippen LogP contribution < -0.4 is 0 Å². The molecule has 0 aliphatic rings. The second-order valence-corrected chi connectivity index (χ2v) is 3.47. The Balaban J connectivity index is 2.33. The molecule has 1 aromatic heterocycles. The van der Waals surface area contributed by atoms with Crippen LogP contribution in [0.1, 0.15) is 18.2 Å². The van der Waals surface area contributed by atoms with Gasteiger partial charge in [-0.2, -0.15) is 5.10 Å². The predicted molar refractivity (Wildman–Crippen MR) is 58.1 cm³/mol. The molecule has 72 valence electrons. The summed E-state index contributed by atoms with van der Waals surface area (Å²) < 4.78 is 0. The van der Waals surface area contributed by atoms with Crippen LogP contribution in [0.15, 0.2) is 30.3 Å². The third-order valence-corrected chi connectivity index (χ3v) is 2.38. The number of aromatic amines is 1. The van der Waals surface area contributed by atoms with E-state index in [1.807, 2.05) is 6.92 Å². The van der Waals surface area contributed by atoms with Gasteiger partial charge in [0.2, 0.25) is 0 Å². The predicted octanol–water partition coefficient (Wildman–Crippen LogP) is 2.95. The minimum absolute atomic E-state index is 1.03. The second-order valence-electron chi connectivity index (χ2n) is 3.47. The summed E-state index contributed by atoms with van der Waals surface area (Å²) in [7, 11) is 0. The van der Waals surface area contributed by atoms with Crippen LogP contribution in [0, 0.1) is 6.92 Å². The average molecular weight is 186 g/mol. The molecule has 0 saturated carbocycles. The molecule has 0 saturated heterocycles. The minimum Gasteiger partial charge on any atom is -0.278 e. The molecule has 0 radical (unpaired) electrons. The molecule has 0 unspecified atom stereocenters. The third-order valence-electron chi connectivity index (χ3n) is 2.38. The zero-order valence-corrected chi connectivity index (χ0v) is 8.54. The van der Waals surface area contributed by atoms with Crippen LogP contribution in [-0.2, 0) is 6.42 Å². The first kappa shape index (κ1) is 9.00. The summed E-state index contributed by atoms with van der Waals surface area (Å²) in [5.41, 5.74) is 4.68. The molecule has 1 aromatic carbocycles. The first-order valence-corrected chi connectivity index (χ1v) is 4.91. The van der Waals surface area contributed by atoms with Crippen LogP contribution in [0.2, 0.25) is 0 Å². The van der Waals surface area contributed by atoms with Crippen molar-refractivity contribution in [2.45, 2.75) is 20.3 Å². The van der Waals surface area contributed by atoms with Crippen molar-refractivity contribution in [3.05, 3.63) is 41.6 Å². The van der Waals surface area contributed by atoms with Crippen molar-refractivity contribution in [2.75, 3.05) is 0 Å². The molecular formula is C12H14N2. The van der Waals surface area contributed by atoms with Gasteiger partial charge in [-0.05, 0) is 30.5 Å². The summed E-state index contributed by atoms with van der Waals surface area (Å²) in [5, 5.41) is 7.12. The molecule has 0 atom stereocenters. The minimum atomic E-state index is 1.03. The van der Waals surface area contributed by atoms with Crippen molar-refractivity contribution < 1.29 is 0 Å². The highest BCUT2D eigenvalue weighted by Crippen LogP contribution is 2.17. The van der Waals surface area contributed by atoms with Crippen LogP contribution in [0.4, 0.5) is 0 Å². The summed E-state index contributed by atoms with van der Waals surface area (Å²) in [6.45, 7) is 4.15. The lowest BCUT2D eigenvalue weighted by molar-refractivity contribution is 1.05. The van der Waals surface area contributed by atoms with Gasteiger partial charge >= 0.3 is 0 Å². The highest BCUT2D eigenvalue weighted by Gasteiger charge is 1.99. The number of aromatic nitrogens is 2. The van der Waals surface area contributed by atoms with Gasteiger partial charge in [-0.25, -0.2) is 0 Å². The number of nitrogens with zero attached hydrogens (tertiary/aromatic N) is 1. The molecule has 0 spiro atoms. The zero-order valence-electron chi connectivity index (χ0n) is 8.54. The SMILES string of the molecule is CCc1ccc(-c2cc(C)n[nH]2)cc1. The van der Waals surface area contributed by atoms with E-state index in [-0.39, 0.29) is 0 Å². The van der Waals surface area contributed by atoms with Crippen LogP contribution >= 0.6 is 0 Å². The maximum atomic E-state index is 4.11. The van der Waals surface area contributed by atoms with Gasteiger partial charge in [0.05, 0.1) is 11.4 Å². The average Bonchev–Trinajstić information content (AvgIpc) is 2.65. The highest BCUT2D eigenvalue weighted by molar-refractivity contribution is 5.59. The number of rotatable bonds is 2. The second kappa shape index (κ2) is 3.66. The molecule has 0 amide bonds. The van der Waals surface area contributed by atoms with Crippen LogP contribution in [0.5, 0.6) is 0 Å². The van der Waals surface area contributed by atoms with Crippen LogP contribution in [-0.4, -0.2) is 10.2 Å². The maximum Gasteiger partial charge on any atom is 0.0652 e. The lowest BCUT2D eigenvalue weighted by atomic mass is 10.1. The molecule has 2 aromatic rings. The van der Waals surface area contributed by atoms with Crippen molar-refractivity contribution in [3.8, 4) is 11.3 Å². The highest BCUT2D eigenvalue weighted by atomic mass is 15.1. The topological polar surface area (TPSA) is 28.7 Å². The monoisotopic (exact) mass is 186 g/mol. The van der Waals surface area contributed by atoms with Crippen molar-refractivity contribution in [3.63, 3.8) is 0 Å². The van der Waals surface area contributed by atoms with E-state index >= 15 is 0 Å². The first-order chi connectivity index (χ1) is 6.79. The van der Waals surface area contributed by atoms with Gasteiger partial charge < -0.3 is 0 Å².